The predicted molar refractivity (Wildman–Crippen MR) is 194 cm³/mol. The van der Waals surface area contributed by atoms with Gasteiger partial charge in [0.2, 0.25) is 0 Å². The Balaban J connectivity index is 1.23. The van der Waals surface area contributed by atoms with E-state index in [1.54, 1.807) is 30.3 Å². The minimum absolute atomic E-state index is 0.0180. The Morgan fingerprint density at radius 1 is 0.887 bits per heavy atom. The number of fused-ring (bicyclic) bond motifs is 1. The van der Waals surface area contributed by atoms with Crippen LogP contribution in [0.4, 0.5) is 10.2 Å². The van der Waals surface area contributed by atoms with Gasteiger partial charge in [-0.15, -0.1) is 9.05 Å². The first kappa shape index (κ1) is 35.7. The molecule has 1 aliphatic rings. The van der Waals surface area contributed by atoms with E-state index < -0.39 is 44.3 Å². The quantitative estimate of drug-likeness (QED) is 0.0690. The third kappa shape index (κ3) is 7.45. The van der Waals surface area contributed by atoms with Gasteiger partial charge in [0, 0.05) is 16.7 Å². The number of nitrogens with one attached hydrogen (secondary N) is 2. The number of hydrogen-bond donors (Lipinski definition) is 2. The molecule has 0 aliphatic carbocycles. The molecule has 4 aromatic carbocycles. The molecule has 7 rings (SSSR count). The summed E-state index contributed by atoms with van der Waals surface area (Å²) in [7, 11) is -2.82. The number of imidazole rings is 1. The monoisotopic (exact) mass is 730 g/mol. The van der Waals surface area contributed by atoms with Crippen LogP contribution >= 0.6 is 8.25 Å². The Labute approximate surface area is 305 Å². The van der Waals surface area contributed by atoms with Crippen LogP contribution in [0.5, 0.6) is 0 Å². The van der Waals surface area contributed by atoms with Crippen molar-refractivity contribution < 1.29 is 27.5 Å². The van der Waals surface area contributed by atoms with Crippen LogP contribution in [-0.2, 0) is 23.9 Å². The van der Waals surface area contributed by atoms with Crippen LogP contribution in [0, 0.1) is 11.3 Å². The van der Waals surface area contributed by atoms with E-state index in [9.17, 15) is 9.36 Å². The highest BCUT2D eigenvalue weighted by atomic mass is 31.1. The number of nitrogens with zero attached hydrogens (tertiary/aromatic N) is 5. The third-order valence-electron chi connectivity index (χ3n) is 8.97. The number of halogens is 1. The van der Waals surface area contributed by atoms with Crippen LogP contribution in [0.15, 0.2) is 134 Å². The maximum atomic E-state index is 16.8. The summed E-state index contributed by atoms with van der Waals surface area (Å²) in [5, 5.41) is 15.4. The maximum absolute atomic E-state index is 16.8. The number of anilines is 1. The van der Waals surface area contributed by atoms with Crippen LogP contribution in [0.1, 0.15) is 39.7 Å². The Hall–Kier alpha value is -5.74. The zero-order valence-electron chi connectivity index (χ0n) is 28.2. The largest absolute Gasteiger partial charge is 0.697 e. The van der Waals surface area contributed by atoms with Gasteiger partial charge in [-0.2, -0.15) is 5.26 Å². The number of amides is 1. The highest BCUT2D eigenvalue weighted by Crippen LogP contribution is 2.42. The molecule has 3 heterocycles. The zero-order chi connectivity index (χ0) is 36.6. The Morgan fingerprint density at radius 2 is 1.47 bits per heavy atom. The fraction of sp³-hybridized carbons (Fsp3) is 0.205. The molecule has 1 fully saturated rings. The van der Waals surface area contributed by atoms with Crippen molar-refractivity contribution in [2.24, 2.45) is 0 Å². The molecule has 6 aromatic rings. The minimum Gasteiger partial charge on any atom is -0.347 e. The number of carbonyl (C=O) groups is 1. The molecule has 14 heteroatoms. The molecule has 0 spiro atoms. The third-order valence-corrected chi connectivity index (χ3v) is 9.78. The van der Waals surface area contributed by atoms with Gasteiger partial charge in [0.05, 0.1) is 24.4 Å². The van der Waals surface area contributed by atoms with E-state index in [1.807, 2.05) is 97.1 Å². The summed E-state index contributed by atoms with van der Waals surface area (Å²) in [6.45, 7) is -0.121. The lowest BCUT2D eigenvalue weighted by molar-refractivity contribution is -0.0220. The highest BCUT2D eigenvalue weighted by Gasteiger charge is 2.53. The average Bonchev–Trinajstić information content (AvgIpc) is 3.77. The number of benzene rings is 4. The Kier molecular flexibility index (Phi) is 11.0. The molecular formula is C39H34FN7O5P+. The second-order valence-electron chi connectivity index (χ2n) is 12.1. The normalized spacial score (nSPS) is 18.8. The first-order valence-corrected chi connectivity index (χ1v) is 18.0. The first-order chi connectivity index (χ1) is 26.0. The summed E-state index contributed by atoms with van der Waals surface area (Å²) in [5.74, 6) is -0.270. The summed E-state index contributed by atoms with van der Waals surface area (Å²) < 4.78 is 48.6. The van der Waals surface area contributed by atoms with Crippen molar-refractivity contribution in [3.05, 3.63) is 156 Å². The Morgan fingerprint density at radius 3 is 2.06 bits per heavy atom. The maximum Gasteiger partial charge on any atom is 0.697 e. The van der Waals surface area contributed by atoms with E-state index >= 15 is 4.39 Å². The van der Waals surface area contributed by atoms with E-state index in [4.69, 9.17) is 19.0 Å². The molecule has 53 heavy (non-hydrogen) atoms. The summed E-state index contributed by atoms with van der Waals surface area (Å²) in [5.41, 5.74) is 2.69. The molecule has 1 unspecified atom stereocenters. The highest BCUT2D eigenvalue weighted by molar-refractivity contribution is 7.33. The molecular weight excluding hydrogens is 696 g/mol. The van der Waals surface area contributed by atoms with Crippen LogP contribution in [0.25, 0.3) is 11.2 Å². The lowest BCUT2D eigenvalue weighted by Crippen LogP contribution is -2.49. The topological polar surface area (TPSA) is 153 Å². The summed E-state index contributed by atoms with van der Waals surface area (Å²) in [6, 6.07) is 40.2. The van der Waals surface area contributed by atoms with E-state index in [0.29, 0.717) is 5.56 Å². The van der Waals surface area contributed by atoms with E-state index in [1.165, 1.54) is 17.2 Å². The number of alkyl halides is 1. The van der Waals surface area contributed by atoms with Gasteiger partial charge in [-0.25, -0.2) is 19.3 Å². The van der Waals surface area contributed by atoms with Gasteiger partial charge in [0.25, 0.3) is 5.91 Å². The molecule has 5 atom stereocenters. The fourth-order valence-corrected chi connectivity index (χ4v) is 7.28. The number of ether oxygens (including phenoxy) is 1. The van der Waals surface area contributed by atoms with E-state index in [2.05, 4.69) is 25.6 Å². The fourth-order valence-electron chi connectivity index (χ4n) is 6.53. The number of rotatable bonds is 14. The predicted octanol–water partition coefficient (Wildman–Crippen LogP) is 6.87. The van der Waals surface area contributed by atoms with Gasteiger partial charge in [-0.3, -0.25) is 14.7 Å². The van der Waals surface area contributed by atoms with Crippen LogP contribution in [0.2, 0.25) is 0 Å². The minimum atomic E-state index is -2.82. The van der Waals surface area contributed by atoms with Crippen molar-refractivity contribution >= 4 is 31.1 Å². The van der Waals surface area contributed by atoms with Gasteiger partial charge >= 0.3 is 8.25 Å². The van der Waals surface area contributed by atoms with Crippen LogP contribution in [-0.4, -0.2) is 57.0 Å². The molecule has 2 aromatic heterocycles. The Bertz CT molecular complexity index is 2110. The number of hydrogen-bond acceptors (Lipinski definition) is 10. The van der Waals surface area contributed by atoms with E-state index in [-0.39, 0.29) is 36.6 Å². The summed E-state index contributed by atoms with van der Waals surface area (Å²) in [4.78, 5) is 25.9. The molecule has 1 amide bonds. The van der Waals surface area contributed by atoms with Gasteiger partial charge in [0.15, 0.2) is 35.5 Å². The first-order valence-electron chi connectivity index (χ1n) is 16.9. The van der Waals surface area contributed by atoms with Gasteiger partial charge in [0.1, 0.15) is 19.0 Å². The van der Waals surface area contributed by atoms with Crippen molar-refractivity contribution in [3.63, 3.8) is 0 Å². The lowest BCUT2D eigenvalue weighted by Gasteiger charge is -2.38. The molecule has 0 radical (unpaired) electrons. The summed E-state index contributed by atoms with van der Waals surface area (Å²) >= 11 is 0. The second kappa shape index (κ2) is 16.3. The SMILES string of the molecule is N#CCCO[P+](=O)O[C@H]1[C@@H](F)[C@@H](n2cnc3c(NC(=O)c4ccccc4)ncnc32)O[C@@H]1CNC(c1ccccc1)(c1ccccc1)c1ccccc1. The summed E-state index contributed by atoms with van der Waals surface area (Å²) in [6.07, 6.45) is -3.02. The van der Waals surface area contributed by atoms with Gasteiger partial charge in [-0.05, 0) is 28.8 Å². The lowest BCUT2D eigenvalue weighted by atomic mass is 9.77. The number of carbonyl (C=O) groups excluding carboxylic acids is 1. The average molecular weight is 731 g/mol. The van der Waals surface area contributed by atoms with Crippen LogP contribution < -0.4 is 10.6 Å². The van der Waals surface area contributed by atoms with Crippen molar-refractivity contribution in [1.29, 1.82) is 5.26 Å². The van der Waals surface area contributed by atoms with Crippen molar-refractivity contribution in [2.45, 2.75) is 36.6 Å². The zero-order valence-corrected chi connectivity index (χ0v) is 29.1. The number of aromatic nitrogens is 4. The molecule has 12 nitrogen and oxygen atoms in total. The molecule has 1 saturated heterocycles. The second-order valence-corrected chi connectivity index (χ2v) is 13.1. The standard InChI is InChI=1S/C39H33FN7O5P/c40-32-34(52-53(49)50-23-13-22-41)31(24-45-39(28-16-7-2-8-17-28,29-18-9-3-10-19-29)30-20-11-4-12-21-30)51-38(32)47-26-44-33-35(42-25-43-36(33)47)46-37(48)27-14-5-1-6-15-27/h1-12,14-21,25-26,31-32,34,38,45H,13,23-24H2/p+1/t31-,32-,34-,38+/m1/s1. The molecule has 266 valence electrons. The molecule has 0 bridgehead atoms. The van der Waals surface area contributed by atoms with Crippen molar-refractivity contribution in [3.8, 4) is 6.07 Å². The van der Waals surface area contributed by atoms with E-state index in [0.717, 1.165) is 16.7 Å². The smallest absolute Gasteiger partial charge is 0.347 e. The molecule has 0 saturated carbocycles. The van der Waals surface area contributed by atoms with Crippen molar-refractivity contribution in [2.75, 3.05) is 18.5 Å². The number of nitriles is 1. The van der Waals surface area contributed by atoms with Crippen molar-refractivity contribution in [1.82, 2.24) is 24.8 Å². The van der Waals surface area contributed by atoms with Crippen LogP contribution in [0.3, 0.4) is 0 Å². The van der Waals surface area contributed by atoms with Gasteiger partial charge in [-0.1, -0.05) is 109 Å². The molecule has 1 aliphatic heterocycles. The molecule has 2 N–H and O–H groups in total. The van der Waals surface area contributed by atoms with Gasteiger partial charge < -0.3 is 10.1 Å².